The van der Waals surface area contributed by atoms with E-state index in [1.165, 1.54) is 38.5 Å². The van der Waals surface area contributed by atoms with Gasteiger partial charge in [-0.1, -0.05) is 168 Å². The summed E-state index contributed by atoms with van der Waals surface area (Å²) in [5.41, 5.74) is 0. The van der Waals surface area contributed by atoms with Crippen molar-refractivity contribution in [3.05, 3.63) is 109 Å². The van der Waals surface area contributed by atoms with Gasteiger partial charge in [0.15, 0.2) is 0 Å². The average Bonchev–Trinajstić information content (AvgIpc) is 3.26. The fraction of sp³-hybridized carbons (Fsp3) is 0.655. The van der Waals surface area contributed by atoms with Crippen LogP contribution in [0.4, 0.5) is 0 Å². The number of carbonyl (C=O) groups is 1. The number of phosphoric acid groups is 1. The zero-order valence-electron chi connectivity index (χ0n) is 41.8. The number of aliphatic hydroxyl groups is 2. The molecule has 9 nitrogen and oxygen atoms in total. The summed E-state index contributed by atoms with van der Waals surface area (Å²) in [5.74, 6) is -0.286. The van der Waals surface area contributed by atoms with E-state index in [1.807, 2.05) is 28.1 Å². The molecule has 0 rings (SSSR count). The summed E-state index contributed by atoms with van der Waals surface area (Å²) in [6.45, 7) is 4.22. The Kier molecular flexibility index (Phi) is 42.9. The second-order valence-electron chi connectivity index (χ2n) is 17.9. The van der Waals surface area contributed by atoms with Crippen LogP contribution in [0, 0.1) is 0 Å². The summed E-state index contributed by atoms with van der Waals surface area (Å²) in [6, 6.07) is -1.07. The molecule has 10 heteroatoms. The lowest BCUT2D eigenvalue weighted by atomic mass is 10.0. The number of aliphatic hydroxyl groups excluding tert-OH is 2. The molecule has 4 unspecified atom stereocenters. The molecule has 0 aromatic rings. The highest BCUT2D eigenvalue weighted by atomic mass is 31.2. The quantitative estimate of drug-likeness (QED) is 0.0208. The standard InChI is InChI=1S/C55H95N2O7P/c1-6-8-10-12-14-16-18-20-21-22-23-24-25-26-27-28-29-30-31-32-33-34-35-36-38-40-42-44-46-48-54(59)56-52(51-64-65(61,62)63-50-49-57(3,4)5)55(60)53(58)47-45-43-41-39-37-19-17-15-13-11-9-7-2/h7-10,14-17,20-21,23-24,26-27,29-30,39,41,52-53,55,58,60H,6,11-13,18-19,22,25,28,31-38,40,42-51H2,1-5H3,(H-,56,59,61,62)/p+1/b9-7+,10-8-,16-14-,17-15+,21-20-,24-23-,27-26-,30-29-,41-39+. The van der Waals surface area contributed by atoms with Crippen molar-refractivity contribution in [2.75, 3.05) is 40.9 Å². The van der Waals surface area contributed by atoms with Gasteiger partial charge in [-0.25, -0.2) is 4.57 Å². The van der Waals surface area contributed by atoms with Crippen LogP contribution in [-0.4, -0.2) is 84.6 Å². The van der Waals surface area contributed by atoms with E-state index in [0.717, 1.165) is 96.3 Å². The zero-order chi connectivity index (χ0) is 48.0. The number of unbranched alkanes of at least 4 members (excludes halogenated alkanes) is 13. The minimum absolute atomic E-state index is 0.00553. The van der Waals surface area contributed by atoms with Crippen molar-refractivity contribution < 1.29 is 38.0 Å². The predicted octanol–water partition coefficient (Wildman–Crippen LogP) is 13.8. The number of hydrogen-bond donors (Lipinski definition) is 4. The molecule has 0 fully saturated rings. The molecule has 1 amide bonds. The van der Waals surface area contributed by atoms with E-state index in [4.69, 9.17) is 9.05 Å². The number of likely N-dealkylation sites (N-methyl/N-ethyl adjacent to an activating group) is 1. The third kappa shape index (κ3) is 46.0. The van der Waals surface area contributed by atoms with Crippen molar-refractivity contribution in [2.24, 2.45) is 0 Å². The Morgan fingerprint density at radius 1 is 0.569 bits per heavy atom. The molecule has 4 atom stereocenters. The molecule has 0 aliphatic rings. The smallest absolute Gasteiger partial charge is 0.390 e. The van der Waals surface area contributed by atoms with Crippen molar-refractivity contribution in [2.45, 2.75) is 193 Å². The number of nitrogens with zero attached hydrogens (tertiary/aromatic N) is 1. The van der Waals surface area contributed by atoms with Crippen LogP contribution in [-0.2, 0) is 18.4 Å². The van der Waals surface area contributed by atoms with Crippen molar-refractivity contribution in [3.63, 3.8) is 0 Å². The second-order valence-corrected chi connectivity index (χ2v) is 19.4. The third-order valence-corrected chi connectivity index (χ3v) is 11.6. The van der Waals surface area contributed by atoms with Gasteiger partial charge in [0.25, 0.3) is 0 Å². The van der Waals surface area contributed by atoms with Crippen LogP contribution in [0.5, 0.6) is 0 Å². The summed E-state index contributed by atoms with van der Waals surface area (Å²) >= 11 is 0. The molecule has 0 radical (unpaired) electrons. The SMILES string of the molecule is C/C=C/CC/C=C/CC/C=C/CCCC(O)C(O)C(COP(=O)(O)OCC[N+](C)(C)C)NC(=O)CCCCCCCCCCCC/C=C\C/C=C\C/C=C\C/C=C\C/C=C\C/C=C\CC. The van der Waals surface area contributed by atoms with E-state index in [1.54, 1.807) is 0 Å². The Bertz CT molecular complexity index is 1440. The monoisotopic (exact) mass is 928 g/mol. The highest BCUT2D eigenvalue weighted by Gasteiger charge is 2.31. The maximum Gasteiger partial charge on any atom is 0.472 e. The average molecular weight is 928 g/mol. The number of hydrogen-bond acceptors (Lipinski definition) is 6. The summed E-state index contributed by atoms with van der Waals surface area (Å²) in [6.07, 6.45) is 61.8. The maximum atomic E-state index is 13.0. The van der Waals surface area contributed by atoms with Gasteiger partial charge in [0, 0.05) is 6.42 Å². The largest absolute Gasteiger partial charge is 0.472 e. The van der Waals surface area contributed by atoms with Gasteiger partial charge >= 0.3 is 7.82 Å². The van der Waals surface area contributed by atoms with E-state index < -0.39 is 32.7 Å². The lowest BCUT2D eigenvalue weighted by molar-refractivity contribution is -0.870. The van der Waals surface area contributed by atoms with Crippen molar-refractivity contribution in [3.8, 4) is 0 Å². The van der Waals surface area contributed by atoms with Gasteiger partial charge in [-0.3, -0.25) is 13.8 Å². The summed E-state index contributed by atoms with van der Waals surface area (Å²) in [4.78, 5) is 23.2. The molecule has 0 aromatic carbocycles. The fourth-order valence-electron chi connectivity index (χ4n) is 6.65. The number of nitrogens with one attached hydrogen (secondary N) is 1. The van der Waals surface area contributed by atoms with Crippen molar-refractivity contribution in [1.82, 2.24) is 5.32 Å². The van der Waals surface area contributed by atoms with Gasteiger partial charge < -0.3 is 24.9 Å². The molecule has 372 valence electrons. The van der Waals surface area contributed by atoms with E-state index in [9.17, 15) is 24.5 Å². The normalized spacial score (nSPS) is 15.5. The fourth-order valence-corrected chi connectivity index (χ4v) is 7.39. The number of phosphoric ester groups is 1. The molecule has 0 aromatic heterocycles. The molecule has 0 aliphatic heterocycles. The zero-order valence-corrected chi connectivity index (χ0v) is 42.7. The van der Waals surface area contributed by atoms with Crippen LogP contribution >= 0.6 is 7.82 Å². The first-order valence-electron chi connectivity index (χ1n) is 25.3. The Morgan fingerprint density at radius 2 is 0.985 bits per heavy atom. The van der Waals surface area contributed by atoms with E-state index in [-0.39, 0.29) is 18.9 Å². The predicted molar refractivity (Wildman–Crippen MR) is 278 cm³/mol. The number of carbonyl (C=O) groups excluding carboxylic acids is 1. The van der Waals surface area contributed by atoms with Gasteiger partial charge in [0.1, 0.15) is 19.3 Å². The first-order valence-corrected chi connectivity index (χ1v) is 26.8. The van der Waals surface area contributed by atoms with Crippen molar-refractivity contribution >= 4 is 13.7 Å². The second kappa shape index (κ2) is 44.9. The topological polar surface area (TPSA) is 125 Å². The van der Waals surface area contributed by atoms with Gasteiger partial charge in [-0.2, -0.15) is 0 Å². The Morgan fingerprint density at radius 3 is 1.48 bits per heavy atom. The summed E-state index contributed by atoms with van der Waals surface area (Å²) in [7, 11) is 1.38. The Balaban J connectivity index is 4.32. The van der Waals surface area contributed by atoms with Gasteiger partial charge in [0.2, 0.25) is 5.91 Å². The molecule has 0 heterocycles. The van der Waals surface area contributed by atoms with Crippen LogP contribution in [0.15, 0.2) is 109 Å². The molecule has 0 saturated carbocycles. The summed E-state index contributed by atoms with van der Waals surface area (Å²) < 4.78 is 23.5. The molecule has 0 spiro atoms. The van der Waals surface area contributed by atoms with E-state index in [0.29, 0.717) is 30.3 Å². The van der Waals surface area contributed by atoms with Crippen LogP contribution in [0.25, 0.3) is 0 Å². The number of rotatable bonds is 44. The van der Waals surface area contributed by atoms with Crippen LogP contribution in [0.2, 0.25) is 0 Å². The Labute approximate surface area is 398 Å². The van der Waals surface area contributed by atoms with Crippen LogP contribution in [0.1, 0.15) is 174 Å². The highest BCUT2D eigenvalue weighted by Crippen LogP contribution is 2.43. The number of quaternary nitrogens is 1. The first-order chi connectivity index (χ1) is 31.4. The molecule has 0 aliphatic carbocycles. The van der Waals surface area contributed by atoms with Gasteiger partial charge in [0.05, 0.1) is 39.9 Å². The third-order valence-electron chi connectivity index (χ3n) is 10.6. The molecule has 4 N–H and O–H groups in total. The molecule has 0 bridgehead atoms. The molecule has 0 saturated heterocycles. The van der Waals surface area contributed by atoms with Crippen LogP contribution < -0.4 is 5.32 Å². The Hall–Kier alpha value is -2.88. The lowest BCUT2D eigenvalue weighted by Gasteiger charge is -2.28. The minimum Gasteiger partial charge on any atom is -0.390 e. The molecular weight excluding hydrogens is 832 g/mol. The lowest BCUT2D eigenvalue weighted by Crippen LogP contribution is -2.51. The number of allylic oxidation sites excluding steroid dienone is 18. The van der Waals surface area contributed by atoms with E-state index in [2.05, 4.69) is 122 Å². The molecular formula is C55H96N2O7P+. The van der Waals surface area contributed by atoms with Crippen molar-refractivity contribution in [1.29, 1.82) is 0 Å². The summed E-state index contributed by atoms with van der Waals surface area (Å²) in [5, 5.41) is 24.7. The first kappa shape index (κ1) is 62.1. The minimum atomic E-state index is -4.44. The van der Waals surface area contributed by atoms with Gasteiger partial charge in [-0.05, 0) is 110 Å². The van der Waals surface area contributed by atoms with Crippen LogP contribution in [0.3, 0.4) is 0 Å². The molecule has 65 heavy (non-hydrogen) atoms. The highest BCUT2D eigenvalue weighted by molar-refractivity contribution is 7.47. The van der Waals surface area contributed by atoms with Gasteiger partial charge in [-0.15, -0.1) is 0 Å². The maximum absolute atomic E-state index is 13.0. The number of amides is 1. The van der Waals surface area contributed by atoms with E-state index >= 15 is 0 Å².